The van der Waals surface area contributed by atoms with Crippen LogP contribution in [0.4, 0.5) is 14.1 Å². The van der Waals surface area contributed by atoms with E-state index in [0.717, 1.165) is 11.1 Å². The van der Waals surface area contributed by atoms with Crippen LogP contribution >= 0.6 is 0 Å². The van der Waals surface area contributed by atoms with E-state index >= 15 is 0 Å². The van der Waals surface area contributed by atoms with E-state index in [1.165, 1.54) is 7.11 Å². The number of hydrogen-bond donors (Lipinski definition) is 0. The average Bonchev–Trinajstić information content (AvgIpc) is 2.72. The van der Waals surface area contributed by atoms with Crippen molar-refractivity contribution in [1.29, 1.82) is 0 Å². The van der Waals surface area contributed by atoms with Crippen LogP contribution in [-0.4, -0.2) is 43.2 Å². The number of anilines is 1. The lowest BCUT2D eigenvalue weighted by molar-refractivity contribution is -0.117. The van der Waals surface area contributed by atoms with Crippen LogP contribution in [0.25, 0.3) is 0 Å². The molecule has 1 saturated heterocycles. The normalized spacial score (nSPS) is 19.8. The number of ether oxygens (including phenoxy) is 1. The first-order chi connectivity index (χ1) is 8.82. The van der Waals surface area contributed by atoms with Gasteiger partial charge in [0.1, 0.15) is 5.25 Å². The molecule has 1 amide bonds. The number of amides is 1. The molecule has 2 heterocycles. The van der Waals surface area contributed by atoms with Crippen LogP contribution in [0.1, 0.15) is 6.42 Å². The molecule has 1 atom stereocenters. The average molecular weight is 293 g/mol. The van der Waals surface area contributed by atoms with E-state index in [-0.39, 0.29) is 6.01 Å². The second-order valence-electron chi connectivity index (χ2n) is 3.83. The molecule has 1 aliphatic heterocycles. The van der Waals surface area contributed by atoms with Gasteiger partial charge in [-0.1, -0.05) is 0 Å². The molecule has 1 aromatic heterocycles. The minimum Gasteiger partial charge on any atom is -0.467 e. The molecule has 0 aromatic carbocycles. The van der Waals surface area contributed by atoms with Gasteiger partial charge in [-0.05, 0) is 0 Å². The SMILES string of the molecule is COc1ncc(F)c(N2CC(S(=O)(=O)F)CC2=O)n1. The fourth-order valence-corrected chi connectivity index (χ4v) is 2.37. The van der Waals surface area contributed by atoms with Gasteiger partial charge in [0.05, 0.1) is 13.3 Å². The van der Waals surface area contributed by atoms with E-state index in [4.69, 9.17) is 0 Å². The van der Waals surface area contributed by atoms with Crippen LogP contribution < -0.4 is 9.64 Å². The van der Waals surface area contributed by atoms with E-state index in [1.807, 2.05) is 0 Å². The van der Waals surface area contributed by atoms with Gasteiger partial charge in [0.2, 0.25) is 5.91 Å². The first-order valence-corrected chi connectivity index (χ1v) is 6.58. The summed E-state index contributed by atoms with van der Waals surface area (Å²) in [5.41, 5.74) is 0. The van der Waals surface area contributed by atoms with Crippen molar-refractivity contribution in [3.05, 3.63) is 12.0 Å². The molecule has 19 heavy (non-hydrogen) atoms. The number of carbonyl (C=O) groups excluding carboxylic acids is 1. The van der Waals surface area contributed by atoms with Gasteiger partial charge >= 0.3 is 16.2 Å². The molecule has 1 fully saturated rings. The highest BCUT2D eigenvalue weighted by Gasteiger charge is 2.40. The van der Waals surface area contributed by atoms with Gasteiger partial charge < -0.3 is 4.74 Å². The Balaban J connectivity index is 2.35. The van der Waals surface area contributed by atoms with Crippen LogP contribution in [0.3, 0.4) is 0 Å². The van der Waals surface area contributed by atoms with Crippen molar-refractivity contribution in [2.45, 2.75) is 11.7 Å². The summed E-state index contributed by atoms with van der Waals surface area (Å²) in [5.74, 6) is -2.08. The first kappa shape index (κ1) is 13.6. The predicted molar refractivity (Wildman–Crippen MR) is 59.3 cm³/mol. The molecule has 0 radical (unpaired) electrons. The van der Waals surface area contributed by atoms with Crippen molar-refractivity contribution in [2.24, 2.45) is 0 Å². The van der Waals surface area contributed by atoms with Crippen LogP contribution in [0.5, 0.6) is 6.01 Å². The third kappa shape index (κ3) is 2.62. The van der Waals surface area contributed by atoms with Crippen molar-refractivity contribution in [3.63, 3.8) is 0 Å². The molecule has 7 nitrogen and oxygen atoms in total. The van der Waals surface area contributed by atoms with Crippen LogP contribution in [0.2, 0.25) is 0 Å². The highest BCUT2D eigenvalue weighted by atomic mass is 32.3. The van der Waals surface area contributed by atoms with E-state index in [9.17, 15) is 21.5 Å². The Bertz CT molecular complexity index is 622. The number of halogens is 2. The molecule has 1 aliphatic rings. The number of rotatable bonds is 3. The highest BCUT2D eigenvalue weighted by molar-refractivity contribution is 7.87. The van der Waals surface area contributed by atoms with E-state index in [0.29, 0.717) is 0 Å². The zero-order valence-electron chi connectivity index (χ0n) is 9.71. The lowest BCUT2D eigenvalue weighted by Crippen LogP contribution is -2.28. The number of carbonyl (C=O) groups is 1. The summed E-state index contributed by atoms with van der Waals surface area (Å²) in [6.07, 6.45) is 0.232. The smallest absolute Gasteiger partial charge is 0.318 e. The Morgan fingerprint density at radius 1 is 1.53 bits per heavy atom. The Labute approximate surface area is 107 Å². The second kappa shape index (κ2) is 4.68. The molecule has 104 valence electrons. The van der Waals surface area contributed by atoms with Crippen molar-refractivity contribution in [2.75, 3.05) is 18.6 Å². The lowest BCUT2D eigenvalue weighted by atomic mass is 10.4. The van der Waals surface area contributed by atoms with Gasteiger partial charge in [0.25, 0.3) is 0 Å². The zero-order chi connectivity index (χ0) is 14.2. The van der Waals surface area contributed by atoms with Gasteiger partial charge in [0, 0.05) is 13.0 Å². The molecular weight excluding hydrogens is 284 g/mol. The number of aromatic nitrogens is 2. The third-order valence-corrected chi connectivity index (χ3v) is 3.74. The third-order valence-electron chi connectivity index (χ3n) is 2.63. The Hall–Kier alpha value is -1.84. The minimum atomic E-state index is -4.86. The number of methoxy groups -OCH3 is 1. The highest BCUT2D eigenvalue weighted by Crippen LogP contribution is 2.27. The van der Waals surface area contributed by atoms with Gasteiger partial charge in [-0.15, -0.1) is 3.89 Å². The summed E-state index contributed by atoms with van der Waals surface area (Å²) in [5, 5.41) is -1.51. The molecule has 0 aliphatic carbocycles. The monoisotopic (exact) mass is 293 g/mol. The lowest BCUT2D eigenvalue weighted by Gasteiger charge is -2.15. The number of hydrogen-bond acceptors (Lipinski definition) is 6. The maximum Gasteiger partial charge on any atom is 0.318 e. The summed E-state index contributed by atoms with van der Waals surface area (Å²) >= 11 is 0. The van der Waals surface area contributed by atoms with Crippen molar-refractivity contribution in [3.8, 4) is 6.01 Å². The van der Waals surface area contributed by atoms with Crippen molar-refractivity contribution < 1.29 is 26.2 Å². The van der Waals surface area contributed by atoms with Crippen molar-refractivity contribution in [1.82, 2.24) is 9.97 Å². The topological polar surface area (TPSA) is 89.5 Å². The van der Waals surface area contributed by atoms with E-state index < -0.39 is 46.0 Å². The minimum absolute atomic E-state index is 0.184. The summed E-state index contributed by atoms with van der Waals surface area (Å²) in [4.78, 5) is 19.5. The Kier molecular flexibility index (Phi) is 3.35. The molecule has 10 heteroatoms. The Morgan fingerprint density at radius 3 is 2.74 bits per heavy atom. The maximum absolute atomic E-state index is 13.5. The van der Waals surface area contributed by atoms with E-state index in [2.05, 4.69) is 14.7 Å². The van der Waals surface area contributed by atoms with Crippen LogP contribution in [0, 0.1) is 5.82 Å². The van der Waals surface area contributed by atoms with Gasteiger partial charge in [-0.3, -0.25) is 9.69 Å². The predicted octanol–water partition coefficient (Wildman–Crippen LogP) is 0.0289. The fraction of sp³-hybridized carbons (Fsp3) is 0.444. The number of nitrogens with zero attached hydrogens (tertiary/aromatic N) is 3. The largest absolute Gasteiger partial charge is 0.467 e. The standard InChI is InChI=1S/C9H9F2N3O4S/c1-18-9-12-3-6(10)8(13-9)14-4-5(2-7(14)15)19(11,16)17/h3,5H,2,4H2,1H3. The van der Waals surface area contributed by atoms with Gasteiger partial charge in [0.15, 0.2) is 11.6 Å². The molecule has 0 N–H and O–H groups in total. The molecule has 0 saturated carbocycles. The molecule has 0 bridgehead atoms. The summed E-state index contributed by atoms with van der Waals surface area (Å²) in [6, 6.07) is -0.184. The van der Waals surface area contributed by atoms with Crippen LogP contribution in [-0.2, 0) is 15.0 Å². The van der Waals surface area contributed by atoms with Gasteiger partial charge in [-0.2, -0.15) is 13.4 Å². The van der Waals surface area contributed by atoms with Crippen LogP contribution in [0.15, 0.2) is 6.20 Å². The second-order valence-corrected chi connectivity index (χ2v) is 5.45. The maximum atomic E-state index is 13.5. The quantitative estimate of drug-likeness (QED) is 0.730. The molecule has 2 rings (SSSR count). The van der Waals surface area contributed by atoms with E-state index in [1.54, 1.807) is 0 Å². The molecule has 1 aromatic rings. The van der Waals surface area contributed by atoms with Gasteiger partial charge in [-0.25, -0.2) is 9.37 Å². The zero-order valence-corrected chi connectivity index (χ0v) is 10.5. The summed E-state index contributed by atoms with van der Waals surface area (Å²) in [6.45, 7) is -0.491. The summed E-state index contributed by atoms with van der Waals surface area (Å²) in [7, 11) is -3.62. The first-order valence-electron chi connectivity index (χ1n) is 5.13. The summed E-state index contributed by atoms with van der Waals surface area (Å²) < 4.78 is 52.6. The molecule has 0 spiro atoms. The Morgan fingerprint density at radius 2 is 2.21 bits per heavy atom. The molecular formula is C9H9F2N3O4S. The van der Waals surface area contributed by atoms with Crippen molar-refractivity contribution >= 4 is 21.9 Å². The fourth-order valence-electron chi connectivity index (χ4n) is 1.70. The molecule has 1 unspecified atom stereocenters.